The second-order valence-corrected chi connectivity index (χ2v) is 8.18. The van der Waals surface area contributed by atoms with Crippen molar-refractivity contribution in [2.75, 3.05) is 0 Å². The molecule has 32 heavy (non-hydrogen) atoms. The molecule has 2 aliphatic carbocycles. The maximum absolute atomic E-state index is 2.39. The van der Waals surface area contributed by atoms with E-state index in [9.17, 15) is 0 Å². The molecule has 0 saturated carbocycles. The van der Waals surface area contributed by atoms with Gasteiger partial charge in [0.2, 0.25) is 0 Å². The van der Waals surface area contributed by atoms with Crippen LogP contribution in [0.4, 0.5) is 0 Å². The molecule has 152 valence electrons. The van der Waals surface area contributed by atoms with Gasteiger partial charge in [-0.1, -0.05) is 109 Å². The van der Waals surface area contributed by atoms with E-state index in [2.05, 4.69) is 109 Å². The molecule has 6 rings (SSSR count). The van der Waals surface area contributed by atoms with E-state index in [0.29, 0.717) is 0 Å². The van der Waals surface area contributed by atoms with Crippen LogP contribution >= 0.6 is 0 Å². The fourth-order valence-corrected chi connectivity index (χ4v) is 4.92. The Kier molecular flexibility index (Phi) is 7.27. The average Bonchev–Trinajstić information content (AvgIpc) is 3.43. The van der Waals surface area contributed by atoms with Gasteiger partial charge < -0.3 is 0 Å². The first-order valence-electron chi connectivity index (χ1n) is 10.6. The van der Waals surface area contributed by atoms with Gasteiger partial charge in [-0.3, -0.25) is 0 Å². The normalized spacial score (nSPS) is 13.2. The average molecular weight is 683 g/mol. The molecule has 0 spiro atoms. The van der Waals surface area contributed by atoms with E-state index in [-0.39, 0.29) is 53.5 Å². The van der Waals surface area contributed by atoms with Crippen LogP contribution in [0, 0.1) is 0 Å². The van der Waals surface area contributed by atoms with E-state index in [1.165, 1.54) is 55.7 Å². The van der Waals surface area contributed by atoms with Crippen molar-refractivity contribution in [3.8, 4) is 11.1 Å². The maximum Gasteiger partial charge on any atom is 0 e. The molecule has 0 bridgehead atoms. The van der Waals surface area contributed by atoms with Crippen molar-refractivity contribution in [3.05, 3.63) is 130 Å². The van der Waals surface area contributed by atoms with Gasteiger partial charge >= 0.3 is 27.3 Å². The zero-order valence-corrected chi connectivity index (χ0v) is 26.0. The Morgan fingerprint density at radius 3 is 1.66 bits per heavy atom. The molecule has 0 aliphatic heterocycles. The predicted octanol–water partition coefficient (Wildman–Crippen LogP) is 6.63. The van der Waals surface area contributed by atoms with E-state index >= 15 is 0 Å². The largest absolute Gasteiger partial charge is 0 e. The van der Waals surface area contributed by atoms with Crippen molar-refractivity contribution in [3.63, 3.8) is 0 Å². The zero-order chi connectivity index (χ0) is 19.9. The summed E-state index contributed by atoms with van der Waals surface area (Å²) < 4.78 is 0. The van der Waals surface area contributed by atoms with Gasteiger partial charge in [0.1, 0.15) is 0 Å². The summed E-state index contributed by atoms with van der Waals surface area (Å²) in [6.45, 7) is 0. The Morgan fingerprint density at radius 2 is 1.00 bits per heavy atom. The molecule has 0 fully saturated rings. The van der Waals surface area contributed by atoms with Crippen molar-refractivity contribution in [1.82, 2.24) is 0 Å². The summed E-state index contributed by atoms with van der Waals surface area (Å²) >= 11 is 0. The number of hydrogen-bond acceptors (Lipinski definition) is 0. The molecule has 2 radical (unpaired) electrons. The van der Waals surface area contributed by atoms with Crippen molar-refractivity contribution in [1.29, 1.82) is 0 Å². The van der Waals surface area contributed by atoms with E-state index in [0.717, 1.165) is 12.8 Å². The molecule has 0 saturated heterocycles. The van der Waals surface area contributed by atoms with Gasteiger partial charge in [-0.2, -0.15) is 0 Å². The fourth-order valence-electron chi connectivity index (χ4n) is 4.92. The topological polar surface area (TPSA) is 0 Å². The van der Waals surface area contributed by atoms with Crippen LogP contribution < -0.4 is 0 Å². The molecule has 0 unspecified atom stereocenters. The van der Waals surface area contributed by atoms with Crippen LogP contribution in [0.1, 0.15) is 33.4 Å². The molecular weight excluding hydrogens is 659 g/mol. The first kappa shape index (κ1) is 23.3. The molecule has 4 aromatic carbocycles. The smallest absolute Gasteiger partial charge is 0 e. The van der Waals surface area contributed by atoms with Crippen LogP contribution in [0.25, 0.3) is 34.4 Å². The number of allylic oxidation sites excluding steroid dienone is 2. The first-order chi connectivity index (χ1) is 14.9. The molecular formula is C30H24PbZr. The van der Waals surface area contributed by atoms with E-state index in [4.69, 9.17) is 0 Å². The summed E-state index contributed by atoms with van der Waals surface area (Å²) in [5.41, 5.74) is 13.7. The minimum Gasteiger partial charge on any atom is 0 e. The van der Waals surface area contributed by atoms with Gasteiger partial charge in [0.05, 0.1) is 0 Å². The molecule has 0 nitrogen and oxygen atoms in total. The Labute approximate surface area is 229 Å². The van der Waals surface area contributed by atoms with Gasteiger partial charge in [-0.15, -0.1) is 0 Å². The maximum atomic E-state index is 2.39. The third-order valence-electron chi connectivity index (χ3n) is 6.35. The van der Waals surface area contributed by atoms with Crippen LogP contribution in [-0.2, 0) is 39.0 Å². The third kappa shape index (κ3) is 4.22. The summed E-state index contributed by atoms with van der Waals surface area (Å²) in [5.74, 6) is 0. The fraction of sp³-hybridized carbons (Fsp3) is 0.0667. The molecule has 0 heterocycles. The van der Waals surface area contributed by atoms with Gasteiger partial charge in [0.15, 0.2) is 0 Å². The van der Waals surface area contributed by atoms with Crippen LogP contribution in [0.2, 0.25) is 0 Å². The van der Waals surface area contributed by atoms with Gasteiger partial charge in [-0.05, 0) is 68.5 Å². The van der Waals surface area contributed by atoms with Gasteiger partial charge in [-0.25, -0.2) is 0 Å². The summed E-state index contributed by atoms with van der Waals surface area (Å²) in [6, 6.07) is 35.2. The first-order valence-corrected chi connectivity index (χ1v) is 10.6. The minimum atomic E-state index is 0. The van der Waals surface area contributed by atoms with Gasteiger partial charge in [0.25, 0.3) is 0 Å². The second-order valence-electron chi connectivity index (χ2n) is 8.18. The number of rotatable bonds is 3. The number of fused-ring (bicyclic) bond motifs is 2. The summed E-state index contributed by atoms with van der Waals surface area (Å²) in [4.78, 5) is 0. The molecule has 0 amide bonds. The Balaban J connectivity index is 0.00000122. The van der Waals surface area contributed by atoms with Crippen LogP contribution in [0.3, 0.4) is 0 Å². The predicted molar refractivity (Wildman–Crippen MR) is 136 cm³/mol. The second kappa shape index (κ2) is 9.97. The monoisotopic (exact) mass is 682 g/mol. The SMILES string of the molecule is C1=C(c2cccc(-c3ccccc3)c2C2=Cc3ccccc3C2)Cc2ccccc21.[PbH2].[Zr]. The van der Waals surface area contributed by atoms with Crippen molar-refractivity contribution >= 4 is 50.6 Å². The Bertz CT molecular complexity index is 1330. The summed E-state index contributed by atoms with van der Waals surface area (Å²) in [5, 5.41) is 0. The summed E-state index contributed by atoms with van der Waals surface area (Å²) in [6.07, 6.45) is 6.77. The minimum absolute atomic E-state index is 0. The molecule has 0 atom stereocenters. The summed E-state index contributed by atoms with van der Waals surface area (Å²) in [7, 11) is 0. The molecule has 2 heteroatoms. The van der Waals surface area contributed by atoms with E-state index in [1.807, 2.05) is 0 Å². The van der Waals surface area contributed by atoms with E-state index in [1.54, 1.807) is 0 Å². The Morgan fingerprint density at radius 1 is 0.469 bits per heavy atom. The van der Waals surface area contributed by atoms with Crippen LogP contribution in [0.5, 0.6) is 0 Å². The zero-order valence-electron chi connectivity index (χ0n) is 18.0. The van der Waals surface area contributed by atoms with Crippen LogP contribution in [-0.4, -0.2) is 27.3 Å². The van der Waals surface area contributed by atoms with Crippen molar-refractivity contribution in [2.24, 2.45) is 0 Å². The quantitative estimate of drug-likeness (QED) is 0.213. The molecule has 0 aromatic heterocycles. The molecule has 4 aromatic rings. The molecule has 0 N–H and O–H groups in total. The van der Waals surface area contributed by atoms with Gasteiger partial charge in [0, 0.05) is 26.2 Å². The van der Waals surface area contributed by atoms with Crippen molar-refractivity contribution in [2.45, 2.75) is 12.8 Å². The van der Waals surface area contributed by atoms with Crippen LogP contribution in [0.15, 0.2) is 97.1 Å². The molecule has 2 aliphatic rings. The third-order valence-corrected chi connectivity index (χ3v) is 6.35. The van der Waals surface area contributed by atoms with Crippen molar-refractivity contribution < 1.29 is 26.2 Å². The standard InChI is InChI=1S/C30H22.Pb.Zr.2H/c1-2-9-21(10-3-1)28-15-8-16-29(26-17-22-11-4-5-12-23(22)18-26)30(28)27-19-24-13-6-7-14-25(24)20-27;;;;/h1-17,19H,18,20H2;;;;. The Hall–Kier alpha value is -1.83. The number of hydrogen-bond donors (Lipinski definition) is 0. The number of benzene rings is 4. The van der Waals surface area contributed by atoms with E-state index < -0.39 is 0 Å².